The molecule has 0 radical (unpaired) electrons. The van der Waals surface area contributed by atoms with Crippen LogP contribution in [0.15, 0.2) is 65.1 Å². The van der Waals surface area contributed by atoms with Crippen LogP contribution < -0.4 is 10.6 Å². The van der Waals surface area contributed by atoms with Crippen molar-refractivity contribution in [2.45, 2.75) is 48.5 Å². The fourth-order valence-corrected chi connectivity index (χ4v) is 5.76. The van der Waals surface area contributed by atoms with Gasteiger partial charge in [-0.05, 0) is 105 Å². The molecule has 0 aliphatic carbocycles. The Kier molecular flexibility index (Phi) is 11.5. The molecule has 7 nitrogen and oxygen atoms in total. The molecule has 0 atom stereocenters. The molecule has 230 valence electrons. The molecule has 8 heteroatoms. The molecule has 0 aliphatic heterocycles. The van der Waals surface area contributed by atoms with Gasteiger partial charge in [-0.3, -0.25) is 4.79 Å². The van der Waals surface area contributed by atoms with Gasteiger partial charge in [-0.1, -0.05) is 53.6 Å². The summed E-state index contributed by atoms with van der Waals surface area (Å²) < 4.78 is 10.4. The summed E-state index contributed by atoms with van der Waals surface area (Å²) >= 11 is 3.41. The Balaban J connectivity index is 0.000000241. The number of ether oxygens (including phenoxy) is 2. The number of benzene rings is 4. The van der Waals surface area contributed by atoms with E-state index in [4.69, 9.17) is 9.47 Å². The number of hydrogen-bond donors (Lipinski definition) is 2. The van der Waals surface area contributed by atoms with Crippen molar-refractivity contribution in [3.63, 3.8) is 0 Å². The Labute approximate surface area is 268 Å². The highest BCUT2D eigenvalue weighted by atomic mass is 79.9. The number of rotatable bonds is 7. The number of methoxy groups -OCH3 is 2. The summed E-state index contributed by atoms with van der Waals surface area (Å²) in [4.78, 5) is 36.0. The topological polar surface area (TPSA) is 93.7 Å². The number of esters is 2. The number of ketones is 1. The maximum absolute atomic E-state index is 12.2. The maximum Gasteiger partial charge on any atom is 0.341 e. The summed E-state index contributed by atoms with van der Waals surface area (Å²) in [6.45, 7) is 13.7. The quantitative estimate of drug-likeness (QED) is 0.151. The van der Waals surface area contributed by atoms with Crippen molar-refractivity contribution in [3.05, 3.63) is 115 Å². The minimum atomic E-state index is -0.527. The van der Waals surface area contributed by atoms with E-state index in [2.05, 4.69) is 71.6 Å². The first-order valence-electron chi connectivity index (χ1n) is 14.1. The molecule has 0 saturated carbocycles. The van der Waals surface area contributed by atoms with Crippen LogP contribution in [-0.2, 0) is 9.47 Å². The van der Waals surface area contributed by atoms with Gasteiger partial charge >= 0.3 is 11.9 Å². The molecule has 4 aromatic carbocycles. The van der Waals surface area contributed by atoms with Gasteiger partial charge in [-0.15, -0.1) is 0 Å². The van der Waals surface area contributed by atoms with Gasteiger partial charge in [-0.25, -0.2) is 9.59 Å². The van der Waals surface area contributed by atoms with Crippen molar-refractivity contribution in [2.75, 3.05) is 24.9 Å². The molecule has 0 aromatic heterocycles. The van der Waals surface area contributed by atoms with Crippen LogP contribution in [0.2, 0.25) is 0 Å². The van der Waals surface area contributed by atoms with Crippen LogP contribution in [0.5, 0.6) is 0 Å². The summed E-state index contributed by atoms with van der Waals surface area (Å²) in [7, 11) is 2.69. The first kappa shape index (κ1) is 34.1. The monoisotopic (exact) mass is 658 g/mol. The van der Waals surface area contributed by atoms with E-state index in [0.29, 0.717) is 21.3 Å². The van der Waals surface area contributed by atoms with Crippen molar-refractivity contribution >= 4 is 56.4 Å². The molecular weight excluding hydrogens is 620 g/mol. The van der Waals surface area contributed by atoms with Crippen molar-refractivity contribution in [1.82, 2.24) is 0 Å². The van der Waals surface area contributed by atoms with Gasteiger partial charge in [0, 0.05) is 21.4 Å². The normalized spacial score (nSPS) is 10.3. The molecule has 0 amide bonds. The van der Waals surface area contributed by atoms with Crippen LogP contribution >= 0.6 is 15.9 Å². The third-order valence-electron chi connectivity index (χ3n) is 7.11. The second-order valence-electron chi connectivity index (χ2n) is 10.7. The van der Waals surface area contributed by atoms with E-state index >= 15 is 0 Å². The first-order chi connectivity index (χ1) is 20.8. The summed E-state index contributed by atoms with van der Waals surface area (Å²) in [6.07, 6.45) is 0. The predicted octanol–water partition coefficient (Wildman–Crippen LogP) is 9.25. The molecule has 44 heavy (non-hydrogen) atoms. The Morgan fingerprint density at radius 1 is 0.614 bits per heavy atom. The molecule has 0 spiro atoms. The Morgan fingerprint density at radius 2 is 1.00 bits per heavy atom. The lowest BCUT2D eigenvalue weighted by Crippen LogP contribution is -2.12. The van der Waals surface area contributed by atoms with Crippen LogP contribution in [0.4, 0.5) is 22.7 Å². The van der Waals surface area contributed by atoms with E-state index < -0.39 is 5.97 Å². The summed E-state index contributed by atoms with van der Waals surface area (Å²) in [6, 6.07) is 19.1. The zero-order valence-electron chi connectivity index (χ0n) is 26.7. The Morgan fingerprint density at radius 3 is 1.41 bits per heavy atom. The number of hydrogen-bond acceptors (Lipinski definition) is 7. The molecule has 4 aromatic rings. The summed E-state index contributed by atoms with van der Waals surface area (Å²) in [5.41, 5.74) is 11.2. The van der Waals surface area contributed by atoms with Crippen molar-refractivity contribution < 1.29 is 23.9 Å². The summed E-state index contributed by atoms with van der Waals surface area (Å²) in [5.74, 6) is -1.07. The number of anilines is 4. The predicted molar refractivity (Wildman–Crippen MR) is 181 cm³/mol. The van der Waals surface area contributed by atoms with Crippen molar-refractivity contribution in [1.29, 1.82) is 0 Å². The largest absolute Gasteiger partial charge is 0.465 e. The number of halogens is 1. The SMILES string of the molecule is COC(=O)c1c(Br)cccc1Nc1c(C)cc(C)cc1C.COC(=O)c1c(Nc2c(C)cc(C)cc2C)cccc1C(C)=O. The molecule has 0 fully saturated rings. The van der Waals surface area contributed by atoms with Crippen LogP contribution in [0.3, 0.4) is 0 Å². The zero-order chi connectivity index (χ0) is 32.7. The van der Waals surface area contributed by atoms with Crippen molar-refractivity contribution in [3.8, 4) is 0 Å². The standard InChI is InChI=1S/C19H21NO3.C17H18BrNO2/c1-11-9-12(2)18(13(3)10-11)20-16-8-6-7-15(14(4)21)17(16)19(22)23-5;1-10-8-11(2)16(12(3)9-10)19-14-7-5-6-13(18)15(14)17(20)21-4/h6-10,20H,1-5H3;5-9,19H,1-4H3. The second-order valence-corrected chi connectivity index (χ2v) is 11.6. The molecule has 4 rings (SSSR count). The average Bonchev–Trinajstić information content (AvgIpc) is 2.96. The lowest BCUT2D eigenvalue weighted by Gasteiger charge is -2.17. The van der Waals surface area contributed by atoms with E-state index in [-0.39, 0.29) is 17.3 Å². The molecule has 0 bridgehead atoms. The van der Waals surface area contributed by atoms with E-state index in [9.17, 15) is 14.4 Å². The van der Waals surface area contributed by atoms with Gasteiger partial charge in [0.25, 0.3) is 0 Å². The van der Waals surface area contributed by atoms with Crippen LogP contribution in [-0.4, -0.2) is 31.9 Å². The molecule has 2 N–H and O–H groups in total. The third kappa shape index (κ3) is 7.94. The highest BCUT2D eigenvalue weighted by Gasteiger charge is 2.21. The number of carbonyl (C=O) groups is 3. The maximum atomic E-state index is 12.2. The average molecular weight is 660 g/mol. The van der Waals surface area contributed by atoms with Crippen molar-refractivity contribution in [2.24, 2.45) is 0 Å². The second kappa shape index (κ2) is 14.8. The lowest BCUT2D eigenvalue weighted by atomic mass is 10.0. The fourth-order valence-electron chi connectivity index (χ4n) is 5.23. The van der Waals surface area contributed by atoms with Gasteiger partial charge in [0.1, 0.15) is 0 Å². The zero-order valence-corrected chi connectivity index (χ0v) is 28.3. The summed E-state index contributed by atoms with van der Waals surface area (Å²) in [5, 5.41) is 6.66. The van der Waals surface area contributed by atoms with Crippen LogP contribution in [0, 0.1) is 41.5 Å². The van der Waals surface area contributed by atoms with Gasteiger partial charge in [0.05, 0.1) is 36.7 Å². The number of nitrogens with one attached hydrogen (secondary N) is 2. The van der Waals surface area contributed by atoms with Crippen LogP contribution in [0.25, 0.3) is 0 Å². The Bertz CT molecular complexity index is 1680. The first-order valence-corrected chi connectivity index (χ1v) is 14.9. The van der Waals surface area contributed by atoms with E-state index in [1.54, 1.807) is 18.2 Å². The smallest absolute Gasteiger partial charge is 0.341 e. The van der Waals surface area contributed by atoms with E-state index in [1.165, 1.54) is 32.3 Å². The lowest BCUT2D eigenvalue weighted by molar-refractivity contribution is 0.0591. The fraction of sp³-hybridized carbons (Fsp3) is 0.250. The Hall–Kier alpha value is -4.43. The number of carbonyl (C=O) groups excluding carboxylic acids is 3. The highest BCUT2D eigenvalue weighted by molar-refractivity contribution is 9.10. The van der Waals surface area contributed by atoms with Gasteiger partial charge < -0.3 is 20.1 Å². The number of aryl methyl sites for hydroxylation is 6. The molecule has 0 aliphatic rings. The molecule has 0 saturated heterocycles. The molecule has 0 heterocycles. The minimum Gasteiger partial charge on any atom is -0.465 e. The van der Waals surface area contributed by atoms with E-state index in [1.807, 2.05) is 39.0 Å². The molecule has 0 unspecified atom stereocenters. The third-order valence-corrected chi connectivity index (χ3v) is 7.77. The minimum absolute atomic E-state index is 0.175. The highest BCUT2D eigenvalue weighted by Crippen LogP contribution is 2.32. The van der Waals surface area contributed by atoms with Gasteiger partial charge in [0.2, 0.25) is 0 Å². The number of Topliss-reactive ketones (excluding diaryl/α,β-unsaturated/α-hetero) is 1. The van der Waals surface area contributed by atoms with Gasteiger partial charge in [-0.2, -0.15) is 0 Å². The molecular formula is C36H39BrN2O5. The van der Waals surface area contributed by atoms with Crippen LogP contribution in [0.1, 0.15) is 71.4 Å². The van der Waals surface area contributed by atoms with E-state index in [0.717, 1.165) is 39.3 Å². The van der Waals surface area contributed by atoms with Gasteiger partial charge in [0.15, 0.2) is 5.78 Å².